The summed E-state index contributed by atoms with van der Waals surface area (Å²) in [4.78, 5) is 37.2. The first-order valence-corrected chi connectivity index (χ1v) is 9.85. The zero-order chi connectivity index (χ0) is 22.2. The molecule has 0 bridgehead atoms. The van der Waals surface area contributed by atoms with Crippen LogP contribution >= 0.6 is 0 Å². The second kappa shape index (κ2) is 10.3. The molecular weight excluding hydrogens is 392 g/mol. The number of nitrogens with two attached hydrogens (primary N) is 1. The van der Waals surface area contributed by atoms with Crippen LogP contribution in [0, 0.1) is 0 Å². The molecule has 0 radical (unpaired) electrons. The van der Waals surface area contributed by atoms with Gasteiger partial charge in [-0.1, -0.05) is 84.9 Å². The highest BCUT2D eigenvalue weighted by Gasteiger charge is 2.25. The van der Waals surface area contributed by atoms with E-state index in [0.29, 0.717) is 16.7 Å². The van der Waals surface area contributed by atoms with Crippen LogP contribution in [0.4, 0.5) is 0 Å². The smallest absolute Gasteiger partial charge is 0.254 e. The molecule has 0 aromatic heterocycles. The second-order valence-corrected chi connectivity index (χ2v) is 7.09. The lowest BCUT2D eigenvalue weighted by Crippen LogP contribution is -2.47. The fraction of sp³-hybridized carbons (Fsp3) is 0.160. The molecule has 31 heavy (non-hydrogen) atoms. The zero-order valence-electron chi connectivity index (χ0n) is 17.2. The fourth-order valence-corrected chi connectivity index (χ4v) is 3.28. The van der Waals surface area contributed by atoms with Crippen molar-refractivity contribution in [2.45, 2.75) is 18.6 Å². The normalized spacial score (nSPS) is 12.5. The van der Waals surface area contributed by atoms with Gasteiger partial charge in [0.05, 0.1) is 0 Å². The minimum Gasteiger partial charge on any atom is -0.368 e. The maximum absolute atomic E-state index is 12.7. The Morgan fingerprint density at radius 3 is 1.94 bits per heavy atom. The number of carbonyl (C=O) groups is 3. The highest BCUT2D eigenvalue weighted by Crippen LogP contribution is 2.17. The van der Waals surface area contributed by atoms with Crippen molar-refractivity contribution in [2.75, 3.05) is 7.11 Å². The second-order valence-electron chi connectivity index (χ2n) is 7.09. The van der Waals surface area contributed by atoms with Crippen LogP contribution in [0.2, 0.25) is 0 Å². The third kappa shape index (κ3) is 5.65. The average molecular weight is 416 g/mol. The van der Waals surface area contributed by atoms with Crippen LogP contribution in [0.5, 0.6) is 0 Å². The SMILES string of the molecule is CO[C@@H](C(=O)N[C@@H](Cc1ccc(C(=O)c2ccccc2)cc1)C(N)=O)c1ccccc1. The van der Waals surface area contributed by atoms with E-state index >= 15 is 0 Å². The maximum atomic E-state index is 12.7. The summed E-state index contributed by atoms with van der Waals surface area (Å²) in [5, 5.41) is 2.67. The van der Waals surface area contributed by atoms with Gasteiger partial charge < -0.3 is 15.8 Å². The van der Waals surface area contributed by atoms with Gasteiger partial charge in [0.25, 0.3) is 5.91 Å². The summed E-state index contributed by atoms with van der Waals surface area (Å²) < 4.78 is 5.31. The van der Waals surface area contributed by atoms with E-state index in [2.05, 4.69) is 5.32 Å². The molecule has 0 saturated carbocycles. The number of primary amides is 1. The molecule has 0 aliphatic rings. The van der Waals surface area contributed by atoms with Gasteiger partial charge in [-0.2, -0.15) is 0 Å². The number of amides is 2. The molecule has 0 aliphatic carbocycles. The van der Waals surface area contributed by atoms with E-state index in [1.54, 1.807) is 60.7 Å². The maximum Gasteiger partial charge on any atom is 0.254 e. The molecule has 0 saturated heterocycles. The highest BCUT2D eigenvalue weighted by atomic mass is 16.5. The van der Waals surface area contributed by atoms with Crippen molar-refractivity contribution in [3.8, 4) is 0 Å². The summed E-state index contributed by atoms with van der Waals surface area (Å²) in [6.07, 6.45) is -0.652. The average Bonchev–Trinajstić information content (AvgIpc) is 2.80. The molecule has 0 spiro atoms. The molecule has 0 unspecified atom stereocenters. The first-order chi connectivity index (χ1) is 15.0. The lowest BCUT2D eigenvalue weighted by Gasteiger charge is -2.20. The Morgan fingerprint density at radius 1 is 0.839 bits per heavy atom. The molecule has 3 aromatic rings. The number of ketones is 1. The number of carbonyl (C=O) groups excluding carboxylic acids is 3. The topological polar surface area (TPSA) is 98.5 Å². The summed E-state index contributed by atoms with van der Waals surface area (Å²) in [5.74, 6) is -1.19. The fourth-order valence-electron chi connectivity index (χ4n) is 3.28. The van der Waals surface area contributed by atoms with Crippen LogP contribution < -0.4 is 11.1 Å². The van der Waals surface area contributed by atoms with E-state index in [0.717, 1.165) is 5.56 Å². The Balaban J connectivity index is 1.69. The summed E-state index contributed by atoms with van der Waals surface area (Å²) >= 11 is 0. The molecule has 0 fully saturated rings. The molecule has 3 rings (SSSR count). The Labute approximate surface area is 181 Å². The van der Waals surface area contributed by atoms with Crippen molar-refractivity contribution in [3.05, 3.63) is 107 Å². The van der Waals surface area contributed by atoms with Gasteiger partial charge >= 0.3 is 0 Å². The van der Waals surface area contributed by atoms with E-state index in [9.17, 15) is 14.4 Å². The number of ether oxygens (including phenoxy) is 1. The summed E-state index contributed by atoms with van der Waals surface area (Å²) in [6, 6.07) is 24.0. The molecule has 3 N–H and O–H groups in total. The minimum absolute atomic E-state index is 0.0855. The van der Waals surface area contributed by atoms with Gasteiger partial charge in [-0.3, -0.25) is 14.4 Å². The van der Waals surface area contributed by atoms with Crippen molar-refractivity contribution in [1.29, 1.82) is 0 Å². The largest absolute Gasteiger partial charge is 0.368 e. The standard InChI is InChI=1S/C25H24N2O4/c1-31-23(20-10-6-3-7-11-20)25(30)27-21(24(26)29)16-17-12-14-19(15-13-17)22(28)18-8-4-2-5-9-18/h2-15,21,23H,16H2,1H3,(H2,26,29)(H,27,30)/t21-,23+/m0/s1. The summed E-state index contributed by atoms with van der Waals surface area (Å²) in [7, 11) is 1.43. The highest BCUT2D eigenvalue weighted by molar-refractivity contribution is 6.08. The van der Waals surface area contributed by atoms with E-state index in [4.69, 9.17) is 10.5 Å². The third-order valence-electron chi connectivity index (χ3n) is 4.93. The van der Waals surface area contributed by atoms with Gasteiger partial charge in [0, 0.05) is 24.7 Å². The zero-order valence-corrected chi connectivity index (χ0v) is 17.2. The summed E-state index contributed by atoms with van der Waals surface area (Å²) in [6.45, 7) is 0. The van der Waals surface area contributed by atoms with Crippen LogP contribution in [-0.2, 0) is 20.7 Å². The monoisotopic (exact) mass is 416 g/mol. The van der Waals surface area contributed by atoms with Crippen molar-refractivity contribution in [2.24, 2.45) is 5.73 Å². The van der Waals surface area contributed by atoms with Crippen molar-refractivity contribution >= 4 is 17.6 Å². The molecule has 2 atom stereocenters. The summed E-state index contributed by atoms with van der Waals surface area (Å²) in [5.41, 5.74) is 8.10. The van der Waals surface area contributed by atoms with Gasteiger partial charge in [0.2, 0.25) is 5.91 Å². The molecule has 6 nitrogen and oxygen atoms in total. The first-order valence-electron chi connectivity index (χ1n) is 9.85. The third-order valence-corrected chi connectivity index (χ3v) is 4.93. The lowest BCUT2D eigenvalue weighted by molar-refractivity contribution is -0.134. The van der Waals surface area contributed by atoms with Crippen LogP contribution in [0.3, 0.4) is 0 Å². The Kier molecular flexibility index (Phi) is 7.30. The van der Waals surface area contributed by atoms with E-state index < -0.39 is 24.0 Å². The predicted octanol–water partition coefficient (Wildman–Crippen LogP) is 2.82. The molecule has 6 heteroatoms. The Hall–Kier alpha value is -3.77. The van der Waals surface area contributed by atoms with Gasteiger partial charge in [-0.15, -0.1) is 0 Å². The predicted molar refractivity (Wildman–Crippen MR) is 117 cm³/mol. The number of hydrogen-bond acceptors (Lipinski definition) is 4. The molecular formula is C25H24N2O4. The number of hydrogen-bond donors (Lipinski definition) is 2. The van der Waals surface area contributed by atoms with E-state index in [-0.39, 0.29) is 12.2 Å². The van der Waals surface area contributed by atoms with Crippen molar-refractivity contribution in [3.63, 3.8) is 0 Å². The molecule has 2 amide bonds. The van der Waals surface area contributed by atoms with Crippen molar-refractivity contribution in [1.82, 2.24) is 5.32 Å². The minimum atomic E-state index is -0.912. The number of methoxy groups -OCH3 is 1. The van der Waals surface area contributed by atoms with Crippen LogP contribution in [0.25, 0.3) is 0 Å². The quantitative estimate of drug-likeness (QED) is 0.524. The molecule has 3 aromatic carbocycles. The van der Waals surface area contributed by atoms with Crippen LogP contribution in [0.15, 0.2) is 84.9 Å². The number of nitrogens with one attached hydrogen (secondary N) is 1. The molecule has 0 heterocycles. The molecule has 0 aliphatic heterocycles. The van der Waals surface area contributed by atoms with Gasteiger partial charge in [0.15, 0.2) is 11.9 Å². The number of benzene rings is 3. The molecule has 158 valence electrons. The Bertz CT molecular complexity index is 1030. The first kappa shape index (κ1) is 21.9. The van der Waals surface area contributed by atoms with E-state index in [1.807, 2.05) is 24.3 Å². The van der Waals surface area contributed by atoms with Crippen LogP contribution in [-0.4, -0.2) is 30.7 Å². The van der Waals surface area contributed by atoms with Gasteiger partial charge in [-0.05, 0) is 11.1 Å². The van der Waals surface area contributed by atoms with E-state index in [1.165, 1.54) is 7.11 Å². The lowest BCUT2D eigenvalue weighted by atomic mass is 9.99. The number of rotatable bonds is 9. The van der Waals surface area contributed by atoms with Gasteiger partial charge in [-0.25, -0.2) is 0 Å². The van der Waals surface area contributed by atoms with Crippen LogP contribution in [0.1, 0.15) is 33.2 Å². The Morgan fingerprint density at radius 2 is 1.39 bits per heavy atom. The van der Waals surface area contributed by atoms with Gasteiger partial charge in [0.1, 0.15) is 6.04 Å². The van der Waals surface area contributed by atoms with Crippen molar-refractivity contribution < 1.29 is 19.1 Å².